The van der Waals surface area contributed by atoms with Crippen molar-refractivity contribution in [1.82, 2.24) is 14.5 Å². The highest BCUT2D eigenvalue weighted by atomic mass is 32.1. The Balaban J connectivity index is 2.01. The van der Waals surface area contributed by atoms with Crippen LogP contribution in [0.3, 0.4) is 0 Å². The fourth-order valence-corrected chi connectivity index (χ4v) is 3.46. The van der Waals surface area contributed by atoms with E-state index in [4.69, 9.17) is 5.84 Å². The average Bonchev–Trinajstić information content (AvgIpc) is 3.00. The molecule has 19 heavy (non-hydrogen) atoms. The van der Waals surface area contributed by atoms with E-state index in [0.717, 1.165) is 16.0 Å². The Morgan fingerprint density at radius 2 is 2.32 bits per heavy atom. The zero-order valence-corrected chi connectivity index (χ0v) is 11.7. The summed E-state index contributed by atoms with van der Waals surface area (Å²) in [5, 5.41) is 2.58. The van der Waals surface area contributed by atoms with E-state index in [-0.39, 0.29) is 5.56 Å². The summed E-state index contributed by atoms with van der Waals surface area (Å²) in [4.78, 5) is 21.7. The molecule has 0 radical (unpaired) electrons. The molecule has 3 aromatic heterocycles. The molecule has 6 nitrogen and oxygen atoms in total. The van der Waals surface area contributed by atoms with Crippen molar-refractivity contribution in [2.75, 3.05) is 5.43 Å². The highest BCUT2D eigenvalue weighted by Crippen LogP contribution is 2.21. The van der Waals surface area contributed by atoms with Gasteiger partial charge >= 0.3 is 0 Å². The number of fused-ring (bicyclic) bond motifs is 1. The second-order valence-electron chi connectivity index (χ2n) is 4.05. The number of aryl methyl sites for hydroxylation is 1. The Hall–Kier alpha value is -1.77. The van der Waals surface area contributed by atoms with Crippen molar-refractivity contribution in [1.29, 1.82) is 0 Å². The molecule has 0 aliphatic carbocycles. The first kappa shape index (κ1) is 12.3. The predicted molar refractivity (Wildman–Crippen MR) is 77.6 cm³/mol. The molecular formula is C11H11N5OS2. The standard InChI is InChI=1S/C11H11N5OS2/c1-6-4-18-9-8(6)14-5-16(10(9)17)3-7-2-13-11(15-12)19-7/h2,4-5H,3,12H2,1H3,(H,13,15). The minimum Gasteiger partial charge on any atom is -0.300 e. The van der Waals surface area contributed by atoms with Crippen molar-refractivity contribution < 1.29 is 0 Å². The van der Waals surface area contributed by atoms with Crippen LogP contribution in [0.4, 0.5) is 5.13 Å². The van der Waals surface area contributed by atoms with Crippen molar-refractivity contribution in [3.63, 3.8) is 0 Å². The summed E-state index contributed by atoms with van der Waals surface area (Å²) in [6, 6.07) is 0. The Labute approximate surface area is 116 Å². The van der Waals surface area contributed by atoms with E-state index in [1.54, 1.807) is 17.1 Å². The number of hydrazine groups is 1. The molecule has 8 heteroatoms. The second-order valence-corrected chi connectivity index (χ2v) is 6.04. The third-order valence-corrected chi connectivity index (χ3v) is 4.72. The normalized spacial score (nSPS) is 11.1. The number of anilines is 1. The molecule has 0 aromatic carbocycles. The summed E-state index contributed by atoms with van der Waals surface area (Å²) >= 11 is 2.85. The molecule has 0 saturated carbocycles. The summed E-state index contributed by atoms with van der Waals surface area (Å²) in [6.45, 7) is 2.41. The molecule has 0 amide bonds. The van der Waals surface area contributed by atoms with Gasteiger partial charge in [-0.05, 0) is 17.9 Å². The van der Waals surface area contributed by atoms with Gasteiger partial charge < -0.3 is 0 Å². The molecule has 0 spiro atoms. The SMILES string of the molecule is Cc1csc2c(=O)n(Cc3cnc(NN)s3)cnc12. The fourth-order valence-electron chi connectivity index (χ4n) is 1.79. The summed E-state index contributed by atoms with van der Waals surface area (Å²) in [5.41, 5.74) is 4.30. The predicted octanol–water partition coefficient (Wildman–Crippen LogP) is 1.56. The molecule has 0 aliphatic rings. The third-order valence-electron chi connectivity index (χ3n) is 2.73. The maximum absolute atomic E-state index is 12.3. The van der Waals surface area contributed by atoms with E-state index < -0.39 is 0 Å². The summed E-state index contributed by atoms with van der Waals surface area (Å²) < 4.78 is 2.29. The highest BCUT2D eigenvalue weighted by Gasteiger charge is 2.09. The molecule has 0 aliphatic heterocycles. The topological polar surface area (TPSA) is 85.8 Å². The first-order chi connectivity index (χ1) is 9.19. The van der Waals surface area contributed by atoms with E-state index in [2.05, 4.69) is 15.4 Å². The smallest absolute Gasteiger partial charge is 0.271 e. The largest absolute Gasteiger partial charge is 0.300 e. The van der Waals surface area contributed by atoms with Gasteiger partial charge in [-0.25, -0.2) is 15.8 Å². The lowest BCUT2D eigenvalue weighted by Gasteiger charge is -2.02. The van der Waals surface area contributed by atoms with Crippen LogP contribution in [-0.4, -0.2) is 14.5 Å². The molecule has 0 bridgehead atoms. The number of aromatic nitrogens is 3. The molecular weight excluding hydrogens is 282 g/mol. The Kier molecular flexibility index (Phi) is 3.05. The minimum absolute atomic E-state index is 0.0150. The molecule has 0 saturated heterocycles. The van der Waals surface area contributed by atoms with E-state index in [1.807, 2.05) is 12.3 Å². The number of nitrogens with two attached hydrogens (primary N) is 1. The van der Waals surface area contributed by atoms with Crippen LogP contribution in [0, 0.1) is 6.92 Å². The molecule has 3 rings (SSSR count). The van der Waals surface area contributed by atoms with E-state index in [9.17, 15) is 4.79 Å². The van der Waals surface area contributed by atoms with Gasteiger partial charge in [0.15, 0.2) is 5.13 Å². The summed E-state index contributed by atoms with van der Waals surface area (Å²) in [7, 11) is 0. The lowest BCUT2D eigenvalue weighted by molar-refractivity contribution is 0.758. The quantitative estimate of drug-likeness (QED) is 0.565. The minimum atomic E-state index is -0.0150. The molecule has 3 heterocycles. The van der Waals surface area contributed by atoms with Crippen LogP contribution in [0.1, 0.15) is 10.4 Å². The molecule has 0 fully saturated rings. The van der Waals surface area contributed by atoms with Crippen molar-refractivity contribution in [2.45, 2.75) is 13.5 Å². The number of thiazole rings is 1. The Morgan fingerprint density at radius 3 is 3.05 bits per heavy atom. The van der Waals surface area contributed by atoms with E-state index in [1.165, 1.54) is 22.7 Å². The maximum atomic E-state index is 12.3. The highest BCUT2D eigenvalue weighted by molar-refractivity contribution is 7.17. The first-order valence-corrected chi connectivity index (χ1v) is 7.23. The Bertz CT molecular complexity index is 788. The van der Waals surface area contributed by atoms with Crippen LogP contribution in [0.5, 0.6) is 0 Å². The van der Waals surface area contributed by atoms with Crippen LogP contribution < -0.4 is 16.8 Å². The van der Waals surface area contributed by atoms with Gasteiger partial charge in [-0.2, -0.15) is 0 Å². The summed E-state index contributed by atoms with van der Waals surface area (Å²) in [6.07, 6.45) is 3.29. The van der Waals surface area contributed by atoms with Gasteiger partial charge in [0.05, 0.1) is 18.4 Å². The number of nitrogen functional groups attached to an aromatic ring is 1. The number of thiophene rings is 1. The average molecular weight is 293 g/mol. The third kappa shape index (κ3) is 2.14. The monoisotopic (exact) mass is 293 g/mol. The van der Waals surface area contributed by atoms with Crippen molar-refractivity contribution in [3.05, 3.63) is 38.7 Å². The van der Waals surface area contributed by atoms with Crippen molar-refractivity contribution in [2.24, 2.45) is 5.84 Å². The second kappa shape index (κ2) is 4.72. The van der Waals surface area contributed by atoms with E-state index >= 15 is 0 Å². The zero-order chi connectivity index (χ0) is 13.4. The number of rotatable bonds is 3. The van der Waals surface area contributed by atoms with Crippen LogP contribution in [0.15, 0.2) is 22.7 Å². The lowest BCUT2D eigenvalue weighted by atomic mass is 10.3. The van der Waals surface area contributed by atoms with E-state index in [0.29, 0.717) is 16.4 Å². The number of nitrogens with one attached hydrogen (secondary N) is 1. The molecule has 0 atom stereocenters. The number of hydrogen-bond donors (Lipinski definition) is 2. The van der Waals surface area contributed by atoms with Gasteiger partial charge in [0.1, 0.15) is 4.70 Å². The van der Waals surface area contributed by atoms with Gasteiger partial charge in [-0.3, -0.25) is 14.8 Å². The van der Waals surface area contributed by atoms with Crippen LogP contribution in [-0.2, 0) is 6.54 Å². The van der Waals surface area contributed by atoms with Crippen LogP contribution >= 0.6 is 22.7 Å². The lowest BCUT2D eigenvalue weighted by Crippen LogP contribution is -2.19. The number of hydrogen-bond acceptors (Lipinski definition) is 7. The van der Waals surface area contributed by atoms with Gasteiger partial charge in [0.25, 0.3) is 5.56 Å². The van der Waals surface area contributed by atoms with Crippen molar-refractivity contribution in [3.8, 4) is 0 Å². The molecule has 3 aromatic rings. The van der Waals surface area contributed by atoms with Crippen LogP contribution in [0.25, 0.3) is 10.2 Å². The number of nitrogens with zero attached hydrogens (tertiary/aromatic N) is 3. The zero-order valence-electron chi connectivity index (χ0n) is 10.1. The maximum Gasteiger partial charge on any atom is 0.271 e. The molecule has 3 N–H and O–H groups in total. The fraction of sp³-hybridized carbons (Fsp3) is 0.182. The van der Waals surface area contributed by atoms with Gasteiger partial charge in [-0.15, -0.1) is 11.3 Å². The summed E-state index contributed by atoms with van der Waals surface area (Å²) in [5.74, 6) is 5.28. The first-order valence-electron chi connectivity index (χ1n) is 5.53. The van der Waals surface area contributed by atoms with Gasteiger partial charge in [-0.1, -0.05) is 11.3 Å². The van der Waals surface area contributed by atoms with Crippen LogP contribution in [0.2, 0.25) is 0 Å². The van der Waals surface area contributed by atoms with Crippen molar-refractivity contribution >= 4 is 38.0 Å². The van der Waals surface area contributed by atoms with Gasteiger partial charge in [0.2, 0.25) is 0 Å². The molecule has 98 valence electrons. The molecule has 0 unspecified atom stereocenters. The Morgan fingerprint density at radius 1 is 1.47 bits per heavy atom. The van der Waals surface area contributed by atoms with Gasteiger partial charge in [0, 0.05) is 11.1 Å².